The van der Waals surface area contributed by atoms with Crippen LogP contribution in [0.15, 0.2) is 40.8 Å². The maximum absolute atomic E-state index is 14.9. The van der Waals surface area contributed by atoms with Crippen molar-refractivity contribution in [2.24, 2.45) is 0 Å². The van der Waals surface area contributed by atoms with Gasteiger partial charge in [0.2, 0.25) is 0 Å². The predicted molar refractivity (Wildman–Crippen MR) is 119 cm³/mol. The molecule has 0 N–H and O–H groups in total. The Kier molecular flexibility index (Phi) is 6.93. The first kappa shape index (κ1) is 23.4. The van der Waals surface area contributed by atoms with Gasteiger partial charge in [-0.05, 0) is 47.9 Å². The molecule has 1 atom stereocenters. The molecule has 0 saturated heterocycles. The van der Waals surface area contributed by atoms with E-state index < -0.39 is 28.6 Å². The minimum atomic E-state index is -1.11. The number of fused-ring (bicyclic) bond motifs is 1. The van der Waals surface area contributed by atoms with Gasteiger partial charge in [-0.3, -0.25) is 13.8 Å². The number of allylic oxidation sites excluding steroid dienone is 2. The van der Waals surface area contributed by atoms with Crippen LogP contribution in [-0.2, 0) is 36.5 Å². The van der Waals surface area contributed by atoms with Gasteiger partial charge in [-0.25, -0.2) is 4.39 Å². The summed E-state index contributed by atoms with van der Waals surface area (Å²) in [6, 6.07) is 8.43. The maximum Gasteiger partial charge on any atom is 0.308 e. The monoisotopic (exact) mass is 458 g/mol. The van der Waals surface area contributed by atoms with Crippen LogP contribution in [0, 0.1) is 5.82 Å². The average Bonchev–Trinajstić information content (AvgIpc) is 2.97. The van der Waals surface area contributed by atoms with E-state index in [1.54, 1.807) is 37.4 Å². The first-order valence-electron chi connectivity index (χ1n) is 9.72. The molecular weight excluding hydrogens is 435 g/mol. The van der Waals surface area contributed by atoms with Gasteiger partial charge in [-0.1, -0.05) is 12.1 Å². The molecule has 0 spiro atoms. The number of hydrogen-bond donors (Lipinski definition) is 0. The van der Waals surface area contributed by atoms with Crippen molar-refractivity contribution in [2.45, 2.75) is 32.3 Å². The smallest absolute Gasteiger partial charge is 0.308 e. The molecule has 0 radical (unpaired) electrons. The highest BCUT2D eigenvalue weighted by atomic mass is 32.2. The number of carbonyl (C=O) groups is 2. The molecule has 0 aromatic heterocycles. The fraction of sp³-hybridized carbons (Fsp3) is 0.250. The second-order valence-electron chi connectivity index (χ2n) is 7.20. The largest absolute Gasteiger partial charge is 0.493 e. The Morgan fingerprint density at radius 1 is 1.12 bits per heavy atom. The predicted octanol–water partition coefficient (Wildman–Crippen LogP) is 4.48. The van der Waals surface area contributed by atoms with E-state index in [4.69, 9.17) is 14.2 Å². The molecule has 0 bridgehead atoms. The lowest BCUT2D eigenvalue weighted by Gasteiger charge is -2.16. The molecule has 0 amide bonds. The molecule has 0 heterocycles. The minimum Gasteiger partial charge on any atom is -0.493 e. The molecule has 0 fully saturated rings. The van der Waals surface area contributed by atoms with Crippen molar-refractivity contribution in [1.29, 1.82) is 0 Å². The third-order valence-electron chi connectivity index (χ3n) is 4.99. The third kappa shape index (κ3) is 4.65. The van der Waals surface area contributed by atoms with Crippen molar-refractivity contribution >= 4 is 40.1 Å². The Bertz CT molecular complexity index is 1180. The van der Waals surface area contributed by atoms with Crippen molar-refractivity contribution in [3.8, 4) is 5.75 Å². The maximum atomic E-state index is 14.9. The number of methoxy groups -OCH3 is 1. The van der Waals surface area contributed by atoms with Crippen molar-refractivity contribution in [3.05, 3.63) is 64.0 Å². The topological polar surface area (TPSA) is 78.9 Å². The number of ether oxygens (including phenoxy) is 3. The molecule has 6 nitrogen and oxygen atoms in total. The lowest BCUT2D eigenvalue weighted by atomic mass is 9.97. The summed E-state index contributed by atoms with van der Waals surface area (Å²) in [5.74, 6) is -1.54. The fourth-order valence-corrected chi connectivity index (χ4v) is 4.10. The van der Waals surface area contributed by atoms with Gasteiger partial charge < -0.3 is 14.2 Å². The molecule has 8 heteroatoms. The highest BCUT2D eigenvalue weighted by Gasteiger charge is 2.33. The standard InChI is InChI=1S/C24H23FO6S/c1-13-18(10-16-6-8-17(9-7-16)32(5)28)19-11-21(25)24(29-4)20(12-30-14(2)26)22(19)23(13)31-15(3)27/h6-11H,12H2,1-5H3. The zero-order valence-corrected chi connectivity index (χ0v) is 19.2. The van der Waals surface area contributed by atoms with Gasteiger partial charge in [0.15, 0.2) is 11.6 Å². The molecular formula is C24H23FO6S. The van der Waals surface area contributed by atoms with E-state index >= 15 is 0 Å². The molecule has 2 aromatic carbocycles. The summed E-state index contributed by atoms with van der Waals surface area (Å²) >= 11 is 0. The van der Waals surface area contributed by atoms with Crippen LogP contribution >= 0.6 is 0 Å². The van der Waals surface area contributed by atoms with Gasteiger partial charge in [0.05, 0.1) is 7.11 Å². The van der Waals surface area contributed by atoms with Gasteiger partial charge in [-0.15, -0.1) is 0 Å². The zero-order valence-electron chi connectivity index (χ0n) is 18.4. The lowest BCUT2D eigenvalue weighted by molar-refractivity contribution is -0.142. The Morgan fingerprint density at radius 3 is 2.31 bits per heavy atom. The number of hydrogen-bond acceptors (Lipinski definition) is 6. The van der Waals surface area contributed by atoms with Gasteiger partial charge >= 0.3 is 11.9 Å². The van der Waals surface area contributed by atoms with E-state index in [0.29, 0.717) is 27.2 Å². The quantitative estimate of drug-likeness (QED) is 0.594. The lowest BCUT2D eigenvalue weighted by Crippen LogP contribution is -2.08. The van der Waals surface area contributed by atoms with E-state index in [1.807, 2.05) is 6.08 Å². The van der Waals surface area contributed by atoms with Crippen LogP contribution in [0.4, 0.5) is 4.39 Å². The second kappa shape index (κ2) is 9.48. The summed E-state index contributed by atoms with van der Waals surface area (Å²) < 4.78 is 42.5. The first-order chi connectivity index (χ1) is 15.1. The van der Waals surface area contributed by atoms with Gasteiger partial charge in [-0.2, -0.15) is 0 Å². The van der Waals surface area contributed by atoms with Crippen LogP contribution < -0.4 is 4.74 Å². The highest BCUT2D eigenvalue weighted by Crippen LogP contribution is 2.47. The van der Waals surface area contributed by atoms with Crippen molar-refractivity contribution < 1.29 is 32.4 Å². The molecule has 1 aliphatic carbocycles. The zero-order chi connectivity index (χ0) is 23.6. The van der Waals surface area contributed by atoms with E-state index in [9.17, 15) is 18.2 Å². The second-order valence-corrected chi connectivity index (χ2v) is 8.58. The van der Waals surface area contributed by atoms with E-state index in [1.165, 1.54) is 27.0 Å². The first-order valence-corrected chi connectivity index (χ1v) is 11.3. The number of carbonyl (C=O) groups excluding carboxylic acids is 2. The molecule has 1 aliphatic rings. The summed E-state index contributed by atoms with van der Waals surface area (Å²) in [5.41, 5.74) is 3.26. The molecule has 32 heavy (non-hydrogen) atoms. The normalized spacial score (nSPS) is 14.9. The third-order valence-corrected chi connectivity index (χ3v) is 5.92. The summed E-state index contributed by atoms with van der Waals surface area (Å²) in [4.78, 5) is 23.9. The van der Waals surface area contributed by atoms with Crippen LogP contribution in [0.25, 0.3) is 17.4 Å². The summed E-state index contributed by atoms with van der Waals surface area (Å²) in [7, 11) is 0.209. The van der Waals surface area contributed by atoms with E-state index in [0.717, 1.165) is 5.56 Å². The SMILES string of the molecule is COc1c(F)cc2c(c1COC(C)=O)C(OC(C)=O)=C(C)C2=Cc1ccc(S(C)=O)cc1. The molecule has 0 aliphatic heterocycles. The Morgan fingerprint density at radius 2 is 1.78 bits per heavy atom. The molecule has 2 aromatic rings. The Hall–Kier alpha value is -3.26. The number of halogens is 1. The number of esters is 2. The molecule has 1 unspecified atom stereocenters. The minimum absolute atomic E-state index is 0.0847. The van der Waals surface area contributed by atoms with Gasteiger partial charge in [0.1, 0.15) is 12.4 Å². The van der Waals surface area contributed by atoms with Crippen molar-refractivity contribution in [1.82, 2.24) is 0 Å². The van der Waals surface area contributed by atoms with Crippen molar-refractivity contribution in [3.63, 3.8) is 0 Å². The molecule has 168 valence electrons. The highest BCUT2D eigenvalue weighted by molar-refractivity contribution is 7.84. The molecule has 0 saturated carbocycles. The van der Waals surface area contributed by atoms with E-state index in [-0.39, 0.29) is 23.7 Å². The summed E-state index contributed by atoms with van der Waals surface area (Å²) in [6.07, 6.45) is 3.42. The van der Waals surface area contributed by atoms with Crippen LogP contribution in [0.2, 0.25) is 0 Å². The Balaban J connectivity index is 2.24. The Labute approximate surface area is 188 Å². The van der Waals surface area contributed by atoms with Crippen LogP contribution in [-0.4, -0.2) is 29.5 Å². The average molecular weight is 459 g/mol. The summed E-state index contributed by atoms with van der Waals surface area (Å²) in [6.45, 7) is 4.04. The fourth-order valence-electron chi connectivity index (χ4n) is 3.58. The van der Waals surface area contributed by atoms with Crippen molar-refractivity contribution in [2.75, 3.05) is 13.4 Å². The van der Waals surface area contributed by atoms with Gasteiger partial charge in [0, 0.05) is 52.5 Å². The number of rotatable bonds is 6. The van der Waals surface area contributed by atoms with Crippen LogP contribution in [0.5, 0.6) is 5.75 Å². The van der Waals surface area contributed by atoms with Crippen LogP contribution in [0.3, 0.4) is 0 Å². The number of benzene rings is 2. The molecule has 3 rings (SSSR count). The van der Waals surface area contributed by atoms with E-state index in [2.05, 4.69) is 0 Å². The van der Waals surface area contributed by atoms with Crippen LogP contribution in [0.1, 0.15) is 43.0 Å². The van der Waals surface area contributed by atoms with Gasteiger partial charge in [0.25, 0.3) is 0 Å². The summed E-state index contributed by atoms with van der Waals surface area (Å²) in [5, 5.41) is 0.